The molecule has 3 fully saturated rings. The third-order valence-corrected chi connectivity index (χ3v) is 11.5. The van der Waals surface area contributed by atoms with Crippen LogP contribution in [0.4, 0.5) is 19.1 Å². The SMILES string of the molecule is COc1ccccc1-n1cc(-c2ccc(C(=O)NC3(C(=O)O)CC4CC(C)CC3C4)c(C(F)(F)F)n2)c2ccc(OC3CCN(c4ncccn4)CC3)cc21. The zero-order valence-electron chi connectivity index (χ0n) is 30.4. The van der Waals surface area contributed by atoms with Gasteiger partial charge in [0.25, 0.3) is 5.91 Å². The van der Waals surface area contributed by atoms with Gasteiger partial charge in [0.1, 0.15) is 23.1 Å². The van der Waals surface area contributed by atoms with E-state index in [1.54, 1.807) is 50.0 Å². The van der Waals surface area contributed by atoms with Gasteiger partial charge in [-0.25, -0.2) is 19.7 Å². The van der Waals surface area contributed by atoms with Crippen LogP contribution in [0.15, 0.2) is 79.3 Å². The Kier molecular flexibility index (Phi) is 9.38. The number of piperidine rings is 1. The maximum Gasteiger partial charge on any atom is 0.434 e. The molecule has 1 aliphatic heterocycles. The van der Waals surface area contributed by atoms with Crippen LogP contribution < -0.4 is 19.7 Å². The fraction of sp³-hybridized carbons (Fsp3) is 0.390. The first kappa shape index (κ1) is 36.3. The second kappa shape index (κ2) is 14.2. The maximum absolute atomic E-state index is 14.8. The third-order valence-electron chi connectivity index (χ3n) is 11.5. The molecule has 286 valence electrons. The van der Waals surface area contributed by atoms with Gasteiger partial charge in [-0.15, -0.1) is 0 Å². The Labute approximate surface area is 315 Å². The molecule has 3 aliphatic rings. The van der Waals surface area contributed by atoms with Gasteiger partial charge in [-0.1, -0.05) is 19.1 Å². The number of fused-ring (bicyclic) bond motifs is 3. The topological polar surface area (TPSA) is 132 Å². The van der Waals surface area contributed by atoms with Crippen molar-refractivity contribution in [3.8, 4) is 28.4 Å². The van der Waals surface area contributed by atoms with Crippen molar-refractivity contribution in [1.82, 2.24) is 24.8 Å². The number of carboxylic acid groups (broad SMARTS) is 1. The minimum Gasteiger partial charge on any atom is -0.495 e. The highest BCUT2D eigenvalue weighted by atomic mass is 19.4. The van der Waals surface area contributed by atoms with Crippen LogP contribution in [0.5, 0.6) is 11.5 Å². The summed E-state index contributed by atoms with van der Waals surface area (Å²) in [6.45, 7) is 3.48. The number of ether oxygens (including phenoxy) is 2. The minimum atomic E-state index is -5.01. The van der Waals surface area contributed by atoms with E-state index >= 15 is 0 Å². The standard InChI is InChI=1S/C41H41F3N6O5/c1-24-18-25-20-26(19-24)40(22-25,38(52)53)48-37(51)30-10-11-32(47-36(30)41(42,43)44)31-23-50(33-6-3-4-7-35(33)54-2)34-21-28(8-9-29(31)34)55-27-12-16-49(17-13-27)39-45-14-5-15-46-39/h3-11,14-15,21,23-27H,12-13,16-20,22H2,1-2H3,(H,48,51)(H,52,53). The number of nitrogens with zero attached hydrogens (tertiary/aromatic N) is 5. The molecule has 1 amide bonds. The lowest BCUT2D eigenvalue weighted by Crippen LogP contribution is -2.57. The second-order valence-electron chi connectivity index (χ2n) is 15.0. The average molecular weight is 755 g/mol. The van der Waals surface area contributed by atoms with Crippen molar-refractivity contribution >= 4 is 28.7 Å². The molecule has 11 nitrogen and oxygen atoms in total. The lowest BCUT2D eigenvalue weighted by atomic mass is 9.78. The van der Waals surface area contributed by atoms with E-state index in [2.05, 4.69) is 25.2 Å². The number of anilines is 1. The van der Waals surface area contributed by atoms with Crippen molar-refractivity contribution in [3.05, 3.63) is 90.5 Å². The second-order valence-corrected chi connectivity index (χ2v) is 15.0. The number of carboxylic acids is 1. The first-order valence-corrected chi connectivity index (χ1v) is 18.5. The molecule has 2 aromatic carbocycles. The molecule has 0 radical (unpaired) electrons. The fourth-order valence-electron chi connectivity index (χ4n) is 9.02. The van der Waals surface area contributed by atoms with Crippen LogP contribution >= 0.6 is 0 Å². The summed E-state index contributed by atoms with van der Waals surface area (Å²) in [7, 11) is 1.54. The molecule has 14 heteroatoms. The molecule has 55 heavy (non-hydrogen) atoms. The Morgan fingerprint density at radius 3 is 2.47 bits per heavy atom. The van der Waals surface area contributed by atoms with Crippen molar-refractivity contribution in [2.45, 2.75) is 63.3 Å². The first-order valence-electron chi connectivity index (χ1n) is 18.5. The number of alkyl halides is 3. The zero-order valence-corrected chi connectivity index (χ0v) is 30.4. The number of hydrogen-bond acceptors (Lipinski definition) is 8. The predicted octanol–water partition coefficient (Wildman–Crippen LogP) is 7.57. The first-order chi connectivity index (χ1) is 26.4. The molecule has 0 spiro atoms. The van der Waals surface area contributed by atoms with E-state index in [-0.39, 0.29) is 36.0 Å². The van der Waals surface area contributed by atoms with E-state index in [0.717, 1.165) is 38.4 Å². The Hall–Kier alpha value is -5.66. The molecule has 4 atom stereocenters. The van der Waals surface area contributed by atoms with Crippen molar-refractivity contribution in [1.29, 1.82) is 0 Å². The van der Waals surface area contributed by atoms with Gasteiger partial charge in [-0.3, -0.25) is 4.79 Å². The van der Waals surface area contributed by atoms with Crippen molar-refractivity contribution in [3.63, 3.8) is 0 Å². The molecule has 8 rings (SSSR count). The van der Waals surface area contributed by atoms with E-state index in [1.807, 2.05) is 35.8 Å². The van der Waals surface area contributed by atoms with Gasteiger partial charge >= 0.3 is 12.1 Å². The summed E-state index contributed by atoms with van der Waals surface area (Å²) >= 11 is 0. The molecular weight excluding hydrogens is 713 g/mol. The van der Waals surface area contributed by atoms with Crippen LogP contribution in [0, 0.1) is 17.8 Å². The highest BCUT2D eigenvalue weighted by Gasteiger charge is 2.56. The van der Waals surface area contributed by atoms with Gasteiger partial charge in [0, 0.05) is 61.5 Å². The number of nitrogens with one attached hydrogen (secondary N) is 1. The number of para-hydroxylation sites is 2. The van der Waals surface area contributed by atoms with Crippen LogP contribution in [-0.4, -0.2) is 68.3 Å². The summed E-state index contributed by atoms with van der Waals surface area (Å²) in [5.74, 6) is -0.524. The Balaban J connectivity index is 1.14. The van der Waals surface area contributed by atoms with Crippen LogP contribution in [0.3, 0.4) is 0 Å². The van der Waals surface area contributed by atoms with Gasteiger partial charge in [0.2, 0.25) is 5.95 Å². The third kappa shape index (κ3) is 6.82. The molecule has 3 aromatic heterocycles. The van der Waals surface area contributed by atoms with Crippen LogP contribution in [0.1, 0.15) is 61.5 Å². The lowest BCUT2D eigenvalue weighted by Gasteiger charge is -2.33. The highest BCUT2D eigenvalue weighted by Crippen LogP contribution is 2.51. The highest BCUT2D eigenvalue weighted by molar-refractivity contribution is 6.01. The quantitative estimate of drug-likeness (QED) is 0.157. The summed E-state index contributed by atoms with van der Waals surface area (Å²) in [6.07, 6.45) is 3.74. The Bertz CT molecular complexity index is 2240. The van der Waals surface area contributed by atoms with Gasteiger partial charge < -0.3 is 29.4 Å². The monoisotopic (exact) mass is 754 g/mol. The zero-order chi connectivity index (χ0) is 38.5. The number of aliphatic carboxylic acids is 1. The van der Waals surface area contributed by atoms with E-state index in [1.165, 1.54) is 6.07 Å². The Morgan fingerprint density at radius 1 is 0.982 bits per heavy atom. The molecule has 2 saturated carbocycles. The number of pyridine rings is 1. The van der Waals surface area contributed by atoms with Gasteiger partial charge in [0.05, 0.1) is 29.6 Å². The molecule has 2 aliphatic carbocycles. The molecule has 4 heterocycles. The number of benzene rings is 2. The van der Waals surface area contributed by atoms with Gasteiger partial charge in [0.15, 0.2) is 5.69 Å². The molecule has 4 unspecified atom stereocenters. The summed E-state index contributed by atoms with van der Waals surface area (Å²) in [6, 6.07) is 17.0. The van der Waals surface area contributed by atoms with Crippen LogP contribution in [-0.2, 0) is 11.0 Å². The molecule has 2 N–H and O–H groups in total. The summed E-state index contributed by atoms with van der Waals surface area (Å²) in [4.78, 5) is 41.3. The maximum atomic E-state index is 14.8. The summed E-state index contributed by atoms with van der Waals surface area (Å²) in [5.41, 5.74) is -2.07. The normalized spacial score (nSPS) is 22.8. The number of rotatable bonds is 9. The van der Waals surface area contributed by atoms with Gasteiger partial charge in [-0.2, -0.15) is 13.2 Å². The van der Waals surface area contributed by atoms with Crippen LogP contribution in [0.25, 0.3) is 27.8 Å². The molecule has 1 saturated heterocycles. The molecular formula is C41H41F3N6O5. The van der Waals surface area contributed by atoms with E-state index in [9.17, 15) is 27.9 Å². The minimum absolute atomic E-state index is 0.00908. The molecule has 2 bridgehead atoms. The van der Waals surface area contributed by atoms with E-state index < -0.39 is 34.8 Å². The van der Waals surface area contributed by atoms with E-state index in [4.69, 9.17) is 9.47 Å². The summed E-state index contributed by atoms with van der Waals surface area (Å²) < 4.78 is 58.4. The van der Waals surface area contributed by atoms with Crippen LogP contribution in [0.2, 0.25) is 0 Å². The smallest absolute Gasteiger partial charge is 0.434 e. The van der Waals surface area contributed by atoms with Crippen molar-refractivity contribution in [2.24, 2.45) is 17.8 Å². The number of carbonyl (C=O) groups excluding carboxylic acids is 1. The molecule has 5 aromatic rings. The number of methoxy groups -OCH3 is 1. The van der Waals surface area contributed by atoms with Crippen molar-refractivity contribution in [2.75, 3.05) is 25.1 Å². The van der Waals surface area contributed by atoms with E-state index in [0.29, 0.717) is 52.4 Å². The summed E-state index contributed by atoms with van der Waals surface area (Å²) in [5, 5.41) is 13.5. The van der Waals surface area contributed by atoms with Crippen molar-refractivity contribution < 1.29 is 37.3 Å². The largest absolute Gasteiger partial charge is 0.495 e. The predicted molar refractivity (Wildman–Crippen MR) is 198 cm³/mol. The number of carbonyl (C=O) groups is 2. The fourth-order valence-corrected chi connectivity index (χ4v) is 9.02. The van der Waals surface area contributed by atoms with Gasteiger partial charge in [-0.05, 0) is 85.9 Å². The Morgan fingerprint density at radius 2 is 1.75 bits per heavy atom. The number of hydrogen-bond donors (Lipinski definition) is 2. The lowest BCUT2D eigenvalue weighted by molar-refractivity contribution is -0.146. The number of amides is 1. The number of halogens is 3. The number of aromatic nitrogens is 4. The average Bonchev–Trinajstić information content (AvgIpc) is 3.68.